The highest BCUT2D eigenvalue weighted by Crippen LogP contribution is 2.33. The molecule has 0 aromatic heterocycles. The van der Waals surface area contributed by atoms with E-state index in [4.69, 9.17) is 23.7 Å². The number of ether oxygens (including phenoxy) is 5. The molecule has 236 valence electrons. The monoisotopic (exact) mass is 593 g/mol. The molecule has 0 spiro atoms. The molecule has 0 unspecified atom stereocenters. The molecule has 2 N–H and O–H groups in total. The molecule has 1 saturated carbocycles. The normalized spacial score (nSPS) is 15.8. The lowest BCUT2D eigenvalue weighted by atomic mass is 9.89. The van der Waals surface area contributed by atoms with E-state index in [-0.39, 0.29) is 29.9 Å². The number of carbonyl (C=O) groups excluding carboxylic acids is 3. The van der Waals surface area contributed by atoms with Crippen LogP contribution in [-0.4, -0.2) is 52.3 Å². The van der Waals surface area contributed by atoms with Crippen molar-refractivity contribution in [1.29, 1.82) is 0 Å². The van der Waals surface area contributed by atoms with E-state index in [0.717, 1.165) is 19.3 Å². The number of benzene rings is 1. The third kappa shape index (κ3) is 10.5. The number of rotatable bonds is 13. The fourth-order valence-corrected chi connectivity index (χ4v) is 4.29. The number of hydrogen-bond acceptors (Lipinski definition) is 10. The largest absolute Gasteiger partial charge is 0.514 e. The number of carboxylic acid groups (broad SMARTS) is 1. The Morgan fingerprint density at radius 1 is 0.857 bits per heavy atom. The van der Waals surface area contributed by atoms with E-state index in [0.29, 0.717) is 31.2 Å². The molecule has 0 amide bonds. The van der Waals surface area contributed by atoms with Gasteiger partial charge in [-0.3, -0.25) is 10.1 Å². The minimum absolute atomic E-state index is 0.140. The number of hydrogen-bond donors (Lipinski definition) is 2. The van der Waals surface area contributed by atoms with Gasteiger partial charge >= 0.3 is 24.2 Å². The number of aliphatic carboxylic acids is 1. The van der Waals surface area contributed by atoms with Crippen molar-refractivity contribution in [2.45, 2.75) is 130 Å². The Hall–Kier alpha value is -3.34. The van der Waals surface area contributed by atoms with Crippen molar-refractivity contribution < 1.29 is 48.0 Å². The van der Waals surface area contributed by atoms with Crippen molar-refractivity contribution in [1.82, 2.24) is 5.32 Å². The third-order valence-corrected chi connectivity index (χ3v) is 7.35. The molecule has 0 bridgehead atoms. The molecular formula is C31H47NO10. The smallest absolute Gasteiger partial charge is 0.477 e. The van der Waals surface area contributed by atoms with Crippen LogP contribution in [0.15, 0.2) is 18.2 Å². The number of esters is 1. The summed E-state index contributed by atoms with van der Waals surface area (Å²) >= 11 is 0. The summed E-state index contributed by atoms with van der Waals surface area (Å²) in [6, 6.07) is 3.84. The number of carbonyl (C=O) groups is 4. The van der Waals surface area contributed by atoms with Crippen molar-refractivity contribution in [2.75, 3.05) is 0 Å². The van der Waals surface area contributed by atoms with Gasteiger partial charge in [-0.25, -0.2) is 14.4 Å². The average molecular weight is 594 g/mol. The molecule has 2 rings (SSSR count). The van der Waals surface area contributed by atoms with Gasteiger partial charge in [-0.15, -0.1) is 0 Å². The zero-order valence-electron chi connectivity index (χ0n) is 26.2. The Labute approximate surface area is 248 Å². The first-order valence-corrected chi connectivity index (χ1v) is 14.7. The molecule has 1 aliphatic carbocycles. The molecule has 0 saturated heterocycles. The summed E-state index contributed by atoms with van der Waals surface area (Å²) in [6.07, 6.45) is 2.74. The van der Waals surface area contributed by atoms with Crippen molar-refractivity contribution in [3.8, 4) is 11.5 Å². The summed E-state index contributed by atoms with van der Waals surface area (Å²) in [7, 11) is 0. The molecule has 0 radical (unpaired) electrons. The highest BCUT2D eigenvalue weighted by molar-refractivity contribution is 5.83. The summed E-state index contributed by atoms with van der Waals surface area (Å²) in [4.78, 5) is 51.0. The molecule has 0 heterocycles. The minimum Gasteiger partial charge on any atom is -0.477 e. The Kier molecular flexibility index (Phi) is 12.2. The SMILES string of the molecule is CCC(C)(C)OC(=O)Oc1ccc(C[C@](NC(C)C)(OC(=O)C2CCCCC2)C(=O)O)cc1OC(=O)OC(C)(C)CC. The molecule has 1 fully saturated rings. The minimum atomic E-state index is -2.10. The Bertz CT molecular complexity index is 1110. The van der Waals surface area contributed by atoms with Crippen molar-refractivity contribution in [2.24, 2.45) is 5.92 Å². The second-order valence-corrected chi connectivity index (χ2v) is 12.3. The van der Waals surface area contributed by atoms with Gasteiger partial charge in [-0.05, 0) is 84.9 Å². The third-order valence-electron chi connectivity index (χ3n) is 7.35. The highest BCUT2D eigenvalue weighted by Gasteiger charge is 2.45. The van der Waals surface area contributed by atoms with Gasteiger partial charge in [0, 0.05) is 12.5 Å². The van der Waals surface area contributed by atoms with Crippen LogP contribution in [0.1, 0.15) is 106 Å². The molecule has 42 heavy (non-hydrogen) atoms. The molecule has 11 nitrogen and oxygen atoms in total. The molecule has 1 aromatic carbocycles. The summed E-state index contributed by atoms with van der Waals surface area (Å²) in [5, 5.41) is 13.2. The van der Waals surface area contributed by atoms with E-state index in [9.17, 15) is 24.3 Å². The first-order valence-electron chi connectivity index (χ1n) is 14.7. The Morgan fingerprint density at radius 3 is 1.86 bits per heavy atom. The van der Waals surface area contributed by atoms with E-state index >= 15 is 0 Å². The number of carboxylic acids is 1. The average Bonchev–Trinajstić information content (AvgIpc) is 2.89. The van der Waals surface area contributed by atoms with Gasteiger partial charge in [0.25, 0.3) is 5.72 Å². The van der Waals surface area contributed by atoms with Gasteiger partial charge in [-0.2, -0.15) is 0 Å². The maximum Gasteiger partial charge on any atom is 0.514 e. The maximum atomic E-state index is 13.1. The lowest BCUT2D eigenvalue weighted by molar-refractivity contribution is -0.188. The Balaban J connectivity index is 2.46. The maximum absolute atomic E-state index is 13.1. The first-order chi connectivity index (χ1) is 19.5. The van der Waals surface area contributed by atoms with Gasteiger partial charge < -0.3 is 28.8 Å². The molecule has 1 aromatic rings. The molecule has 11 heteroatoms. The second kappa shape index (κ2) is 14.7. The summed E-state index contributed by atoms with van der Waals surface area (Å²) in [5.74, 6) is -2.67. The van der Waals surface area contributed by atoms with Crippen LogP contribution in [0.2, 0.25) is 0 Å². The van der Waals surface area contributed by atoms with Gasteiger partial charge in [0.1, 0.15) is 11.2 Å². The predicted octanol–water partition coefficient (Wildman–Crippen LogP) is 6.54. The van der Waals surface area contributed by atoms with Crippen LogP contribution < -0.4 is 14.8 Å². The van der Waals surface area contributed by atoms with Crippen LogP contribution in [0.25, 0.3) is 0 Å². The van der Waals surface area contributed by atoms with Gasteiger partial charge in [0.2, 0.25) is 0 Å². The quantitative estimate of drug-likeness (QED) is 0.111. The Morgan fingerprint density at radius 2 is 1.38 bits per heavy atom. The standard InChI is InChI=1S/C31H47NO10/c1-9-29(5,6)41-27(36)38-23-17-16-21(18-24(23)39-28(37)42-30(7,8)10-2)19-31(26(34)35,32-20(3)4)40-25(33)22-14-12-11-13-15-22/h16-18,20,22,32H,9-15,19H2,1-8H3,(H,34,35)/t31-/m0/s1. The lowest BCUT2D eigenvalue weighted by Crippen LogP contribution is -2.59. The summed E-state index contributed by atoms with van der Waals surface area (Å²) in [6.45, 7) is 14.1. The molecule has 1 aliphatic rings. The van der Waals surface area contributed by atoms with Crippen molar-refractivity contribution in [3.63, 3.8) is 0 Å². The summed E-state index contributed by atoms with van der Waals surface area (Å²) < 4.78 is 27.3. The lowest BCUT2D eigenvalue weighted by Gasteiger charge is -2.34. The van der Waals surface area contributed by atoms with Crippen LogP contribution in [0.5, 0.6) is 11.5 Å². The summed E-state index contributed by atoms with van der Waals surface area (Å²) in [5.41, 5.74) is -3.40. The van der Waals surface area contributed by atoms with Crippen molar-refractivity contribution >= 4 is 24.2 Å². The molecular weight excluding hydrogens is 546 g/mol. The molecule has 1 atom stereocenters. The molecule has 0 aliphatic heterocycles. The van der Waals surface area contributed by atoms with Gasteiger partial charge in [-0.1, -0.05) is 39.2 Å². The fraction of sp³-hybridized carbons (Fsp3) is 0.677. The van der Waals surface area contributed by atoms with Gasteiger partial charge in [0.15, 0.2) is 11.5 Å². The van der Waals surface area contributed by atoms with Crippen LogP contribution in [0, 0.1) is 5.92 Å². The van der Waals surface area contributed by atoms with Crippen LogP contribution in [0.3, 0.4) is 0 Å². The van der Waals surface area contributed by atoms with E-state index in [1.54, 1.807) is 41.5 Å². The van der Waals surface area contributed by atoms with Crippen LogP contribution >= 0.6 is 0 Å². The number of nitrogens with one attached hydrogen (secondary N) is 1. The van der Waals surface area contributed by atoms with Crippen LogP contribution in [-0.2, 0) is 30.2 Å². The van der Waals surface area contributed by atoms with E-state index in [1.165, 1.54) is 18.2 Å². The van der Waals surface area contributed by atoms with Crippen LogP contribution in [0.4, 0.5) is 9.59 Å². The van der Waals surface area contributed by atoms with E-state index < -0.39 is 41.2 Å². The highest BCUT2D eigenvalue weighted by atomic mass is 16.8. The zero-order valence-corrected chi connectivity index (χ0v) is 26.2. The van der Waals surface area contributed by atoms with Gasteiger partial charge in [0.05, 0.1) is 5.92 Å². The van der Waals surface area contributed by atoms with E-state index in [2.05, 4.69) is 5.32 Å². The van der Waals surface area contributed by atoms with E-state index in [1.807, 2.05) is 13.8 Å². The van der Waals surface area contributed by atoms with Crippen molar-refractivity contribution in [3.05, 3.63) is 23.8 Å². The second-order valence-electron chi connectivity index (χ2n) is 12.3. The predicted molar refractivity (Wildman–Crippen MR) is 154 cm³/mol. The fourth-order valence-electron chi connectivity index (χ4n) is 4.29. The topological polar surface area (TPSA) is 147 Å². The zero-order chi connectivity index (χ0) is 31.7. The first kappa shape index (κ1) is 34.9.